The van der Waals surface area contributed by atoms with E-state index in [0.717, 1.165) is 36.4 Å². The lowest BCUT2D eigenvalue weighted by atomic mass is 10.1. The molecule has 7 nitrogen and oxygen atoms in total. The highest BCUT2D eigenvalue weighted by Gasteiger charge is 2.31. The van der Waals surface area contributed by atoms with E-state index < -0.39 is 11.7 Å². The van der Waals surface area contributed by atoms with Gasteiger partial charge in [0.1, 0.15) is 5.82 Å². The molecule has 2 aromatic heterocycles. The number of benzene rings is 1. The second-order valence-electron chi connectivity index (χ2n) is 7.99. The third-order valence-electron chi connectivity index (χ3n) is 5.72. The van der Waals surface area contributed by atoms with Crippen molar-refractivity contribution >= 4 is 11.7 Å². The van der Waals surface area contributed by atoms with E-state index in [0.29, 0.717) is 43.8 Å². The summed E-state index contributed by atoms with van der Waals surface area (Å²) >= 11 is 0. The SMILES string of the molecule is O=C(c1ccc(C(F)(F)F)cc1)N1CCN(c2ccc(-c3noc(C4CC4)n3)cn2)CC1. The highest BCUT2D eigenvalue weighted by Crippen LogP contribution is 2.39. The van der Waals surface area contributed by atoms with Gasteiger partial charge < -0.3 is 14.3 Å². The minimum Gasteiger partial charge on any atom is -0.353 e. The van der Waals surface area contributed by atoms with Gasteiger partial charge in [-0.05, 0) is 49.2 Å². The summed E-state index contributed by atoms with van der Waals surface area (Å²) in [6.45, 7) is 2.07. The molecule has 3 aromatic rings. The number of anilines is 1. The van der Waals surface area contributed by atoms with Crippen molar-refractivity contribution in [2.45, 2.75) is 24.9 Å². The van der Waals surface area contributed by atoms with Gasteiger partial charge in [-0.3, -0.25) is 4.79 Å². The van der Waals surface area contributed by atoms with E-state index in [4.69, 9.17) is 4.52 Å². The van der Waals surface area contributed by atoms with E-state index in [1.807, 2.05) is 12.1 Å². The Balaban J connectivity index is 1.19. The zero-order valence-electron chi connectivity index (χ0n) is 17.0. The van der Waals surface area contributed by atoms with Crippen LogP contribution in [0.25, 0.3) is 11.4 Å². The summed E-state index contributed by atoms with van der Waals surface area (Å²) < 4.78 is 43.4. The molecule has 2 fully saturated rings. The summed E-state index contributed by atoms with van der Waals surface area (Å²) in [5, 5.41) is 4.02. The number of carbonyl (C=O) groups excluding carboxylic acids is 1. The van der Waals surface area contributed by atoms with Crippen LogP contribution in [0, 0.1) is 0 Å². The van der Waals surface area contributed by atoms with Crippen LogP contribution in [0.2, 0.25) is 0 Å². The molecule has 0 radical (unpaired) electrons. The van der Waals surface area contributed by atoms with E-state index in [-0.39, 0.29) is 11.5 Å². The Morgan fingerprint density at radius 2 is 1.72 bits per heavy atom. The number of alkyl halides is 3. The topological polar surface area (TPSA) is 75.4 Å². The van der Waals surface area contributed by atoms with Gasteiger partial charge in [-0.25, -0.2) is 4.98 Å². The van der Waals surface area contributed by atoms with Crippen molar-refractivity contribution in [1.29, 1.82) is 0 Å². The lowest BCUT2D eigenvalue weighted by molar-refractivity contribution is -0.137. The van der Waals surface area contributed by atoms with E-state index >= 15 is 0 Å². The molecule has 1 saturated carbocycles. The number of hydrogen-bond donors (Lipinski definition) is 0. The first-order valence-corrected chi connectivity index (χ1v) is 10.4. The summed E-state index contributed by atoms with van der Waals surface area (Å²) in [5.74, 6) is 2.10. The molecule has 10 heteroatoms. The minimum absolute atomic E-state index is 0.250. The third-order valence-corrected chi connectivity index (χ3v) is 5.72. The van der Waals surface area contributed by atoms with E-state index in [9.17, 15) is 18.0 Å². The predicted octanol–water partition coefficient (Wildman–Crippen LogP) is 3.99. The molecule has 1 saturated heterocycles. The quantitative estimate of drug-likeness (QED) is 0.607. The van der Waals surface area contributed by atoms with Crippen molar-refractivity contribution in [3.8, 4) is 11.4 Å². The van der Waals surface area contributed by atoms with Crippen LogP contribution in [0.3, 0.4) is 0 Å². The number of amides is 1. The maximum atomic E-state index is 12.7. The van der Waals surface area contributed by atoms with Gasteiger partial charge in [0.15, 0.2) is 0 Å². The van der Waals surface area contributed by atoms with Gasteiger partial charge in [-0.2, -0.15) is 18.2 Å². The minimum atomic E-state index is -4.42. The van der Waals surface area contributed by atoms with Crippen LogP contribution in [-0.4, -0.2) is 52.1 Å². The molecule has 1 aromatic carbocycles. The fourth-order valence-electron chi connectivity index (χ4n) is 3.68. The Bertz CT molecular complexity index is 1100. The van der Waals surface area contributed by atoms with Crippen LogP contribution in [0.1, 0.15) is 40.6 Å². The highest BCUT2D eigenvalue weighted by molar-refractivity contribution is 5.94. The molecular weight excluding hydrogens is 423 g/mol. The van der Waals surface area contributed by atoms with Crippen molar-refractivity contribution in [3.05, 3.63) is 59.6 Å². The fourth-order valence-corrected chi connectivity index (χ4v) is 3.68. The van der Waals surface area contributed by atoms with Gasteiger partial charge in [0.05, 0.1) is 5.56 Å². The molecular formula is C22H20F3N5O2. The Kier molecular flexibility index (Phi) is 5.07. The van der Waals surface area contributed by atoms with Crippen LogP contribution in [0.4, 0.5) is 19.0 Å². The standard InChI is InChI=1S/C22H20F3N5O2/c23-22(24,25)17-6-3-15(4-7-17)21(31)30-11-9-29(10-12-30)18-8-5-16(13-26-18)19-27-20(32-28-19)14-1-2-14/h3-8,13-14H,1-2,9-12H2. The van der Waals surface area contributed by atoms with Gasteiger partial charge in [0, 0.05) is 49.4 Å². The second kappa shape index (κ2) is 7.92. The largest absolute Gasteiger partial charge is 0.416 e. The summed E-state index contributed by atoms with van der Waals surface area (Å²) in [6.07, 6.45) is -0.534. The molecule has 0 N–H and O–H groups in total. The zero-order valence-corrected chi connectivity index (χ0v) is 17.0. The molecule has 0 bridgehead atoms. The number of piperazine rings is 1. The number of nitrogens with zero attached hydrogens (tertiary/aromatic N) is 5. The summed E-state index contributed by atoms with van der Waals surface area (Å²) in [5.41, 5.74) is 0.262. The van der Waals surface area contributed by atoms with Crippen molar-refractivity contribution in [2.24, 2.45) is 0 Å². The van der Waals surface area contributed by atoms with E-state index in [2.05, 4.69) is 20.0 Å². The molecule has 2 aliphatic rings. The predicted molar refractivity (Wildman–Crippen MR) is 109 cm³/mol. The first-order valence-electron chi connectivity index (χ1n) is 10.4. The second-order valence-corrected chi connectivity index (χ2v) is 7.99. The van der Waals surface area contributed by atoms with Crippen molar-refractivity contribution in [3.63, 3.8) is 0 Å². The molecule has 0 atom stereocenters. The lowest BCUT2D eigenvalue weighted by Gasteiger charge is -2.35. The zero-order chi connectivity index (χ0) is 22.3. The molecule has 1 amide bonds. The maximum Gasteiger partial charge on any atom is 0.416 e. The van der Waals surface area contributed by atoms with Gasteiger partial charge in [0.25, 0.3) is 5.91 Å². The molecule has 32 heavy (non-hydrogen) atoms. The number of halogens is 3. The summed E-state index contributed by atoms with van der Waals surface area (Å²) in [6, 6.07) is 8.10. The fraction of sp³-hybridized carbons (Fsp3) is 0.364. The summed E-state index contributed by atoms with van der Waals surface area (Å²) in [4.78, 5) is 25.3. The van der Waals surface area contributed by atoms with E-state index in [1.54, 1.807) is 11.1 Å². The third kappa shape index (κ3) is 4.17. The number of aromatic nitrogens is 3. The molecule has 0 spiro atoms. The van der Waals surface area contributed by atoms with Crippen LogP contribution in [0.15, 0.2) is 47.1 Å². The van der Waals surface area contributed by atoms with Gasteiger partial charge in [-0.15, -0.1) is 0 Å². The van der Waals surface area contributed by atoms with Crippen molar-refractivity contribution in [2.75, 3.05) is 31.1 Å². The van der Waals surface area contributed by atoms with Crippen molar-refractivity contribution < 1.29 is 22.5 Å². The first-order chi connectivity index (χ1) is 15.4. The molecule has 1 aliphatic carbocycles. The first kappa shape index (κ1) is 20.5. The van der Waals surface area contributed by atoms with Gasteiger partial charge in [-0.1, -0.05) is 5.16 Å². The van der Waals surface area contributed by atoms with Crippen LogP contribution in [0.5, 0.6) is 0 Å². The van der Waals surface area contributed by atoms with Crippen LogP contribution < -0.4 is 4.90 Å². The van der Waals surface area contributed by atoms with E-state index in [1.165, 1.54) is 12.1 Å². The Morgan fingerprint density at radius 1 is 1.00 bits per heavy atom. The number of rotatable bonds is 4. The Morgan fingerprint density at radius 3 is 2.31 bits per heavy atom. The smallest absolute Gasteiger partial charge is 0.353 e. The Hall–Kier alpha value is -3.43. The lowest BCUT2D eigenvalue weighted by Crippen LogP contribution is -2.49. The number of hydrogen-bond acceptors (Lipinski definition) is 6. The number of pyridine rings is 1. The highest BCUT2D eigenvalue weighted by atomic mass is 19.4. The van der Waals surface area contributed by atoms with Crippen molar-refractivity contribution in [1.82, 2.24) is 20.0 Å². The van der Waals surface area contributed by atoms with Gasteiger partial charge >= 0.3 is 6.18 Å². The Labute approximate surface area is 181 Å². The summed E-state index contributed by atoms with van der Waals surface area (Å²) in [7, 11) is 0. The molecule has 166 valence electrons. The average Bonchev–Trinajstić information content (AvgIpc) is 3.55. The number of carbonyl (C=O) groups is 1. The maximum absolute atomic E-state index is 12.7. The van der Waals surface area contributed by atoms with Gasteiger partial charge in [0.2, 0.25) is 11.7 Å². The molecule has 0 unspecified atom stereocenters. The molecule has 3 heterocycles. The molecule has 1 aliphatic heterocycles. The van der Waals surface area contributed by atoms with Crippen LogP contribution >= 0.6 is 0 Å². The molecule has 5 rings (SSSR count). The monoisotopic (exact) mass is 443 g/mol. The normalized spacial score (nSPS) is 17.0. The average molecular weight is 443 g/mol. The van der Waals surface area contributed by atoms with Crippen LogP contribution in [-0.2, 0) is 6.18 Å².